The van der Waals surface area contributed by atoms with Gasteiger partial charge in [0.25, 0.3) is 0 Å². The molecule has 0 saturated carbocycles. The molecule has 0 aromatic carbocycles. The summed E-state index contributed by atoms with van der Waals surface area (Å²) in [6.45, 7) is 3.71. The summed E-state index contributed by atoms with van der Waals surface area (Å²) in [5, 5.41) is 29.7. The predicted molar refractivity (Wildman–Crippen MR) is 78.4 cm³/mol. The van der Waals surface area contributed by atoms with E-state index < -0.39 is 29.9 Å². The molecule has 0 amide bonds. The van der Waals surface area contributed by atoms with Gasteiger partial charge >= 0.3 is 17.9 Å². The second kappa shape index (κ2) is 7.74. The summed E-state index contributed by atoms with van der Waals surface area (Å²) in [5.41, 5.74) is 1.11. The minimum atomic E-state index is -1.05. The molecule has 0 radical (unpaired) electrons. The van der Waals surface area contributed by atoms with Crippen molar-refractivity contribution >= 4 is 17.9 Å². The molecule has 1 saturated heterocycles. The molecule has 7 nitrogen and oxygen atoms in total. The van der Waals surface area contributed by atoms with Gasteiger partial charge in [0.2, 0.25) is 0 Å². The highest BCUT2D eigenvalue weighted by molar-refractivity contribution is 5.85. The molecule has 4 N–H and O–H groups in total. The smallest absolute Gasteiger partial charge is 0.330 e. The third kappa shape index (κ3) is 4.70. The summed E-state index contributed by atoms with van der Waals surface area (Å²) >= 11 is 0. The first-order chi connectivity index (χ1) is 10.2. The van der Waals surface area contributed by atoms with Crippen LogP contribution in [-0.4, -0.2) is 45.8 Å². The molecule has 0 unspecified atom stereocenters. The van der Waals surface area contributed by atoms with Gasteiger partial charge in [-0.1, -0.05) is 17.7 Å². The Hall–Kier alpha value is -2.15. The van der Waals surface area contributed by atoms with E-state index in [4.69, 9.17) is 15.3 Å². The van der Waals surface area contributed by atoms with E-state index in [-0.39, 0.29) is 17.9 Å². The van der Waals surface area contributed by atoms with Gasteiger partial charge in [0.1, 0.15) is 6.04 Å². The van der Waals surface area contributed by atoms with Gasteiger partial charge in [-0.05, 0) is 26.2 Å². The van der Waals surface area contributed by atoms with Crippen LogP contribution < -0.4 is 5.32 Å². The van der Waals surface area contributed by atoms with Crippen molar-refractivity contribution in [1.82, 2.24) is 5.32 Å². The van der Waals surface area contributed by atoms with E-state index in [0.717, 1.165) is 5.57 Å². The molecular formula is C15H21NO6. The van der Waals surface area contributed by atoms with Crippen LogP contribution in [-0.2, 0) is 14.4 Å². The topological polar surface area (TPSA) is 124 Å². The van der Waals surface area contributed by atoms with E-state index in [9.17, 15) is 14.4 Å². The van der Waals surface area contributed by atoms with Crippen LogP contribution in [0.15, 0.2) is 23.3 Å². The molecule has 1 aliphatic rings. The van der Waals surface area contributed by atoms with E-state index in [0.29, 0.717) is 13.0 Å². The number of carbonyl (C=O) groups is 3. The molecule has 1 heterocycles. The summed E-state index contributed by atoms with van der Waals surface area (Å²) < 4.78 is 0. The summed E-state index contributed by atoms with van der Waals surface area (Å²) in [7, 11) is 0. The van der Waals surface area contributed by atoms with E-state index in [2.05, 4.69) is 5.32 Å². The quantitative estimate of drug-likeness (QED) is 0.410. The maximum Gasteiger partial charge on any atom is 0.330 e. The Labute approximate surface area is 128 Å². The SMILES string of the molecule is C/C(=C/C/C=C(/C)[C@H]1CN[C@H](C(=O)O)[C@H]1CC(=O)O)C(=O)O. The van der Waals surface area contributed by atoms with Crippen molar-refractivity contribution in [1.29, 1.82) is 0 Å². The lowest BCUT2D eigenvalue weighted by Crippen LogP contribution is -2.36. The zero-order chi connectivity index (χ0) is 16.9. The van der Waals surface area contributed by atoms with Gasteiger partial charge < -0.3 is 20.6 Å². The number of aliphatic carboxylic acids is 3. The highest BCUT2D eigenvalue weighted by Gasteiger charge is 2.41. The monoisotopic (exact) mass is 311 g/mol. The normalized spacial score (nSPS) is 26.0. The fourth-order valence-corrected chi connectivity index (χ4v) is 2.68. The minimum absolute atomic E-state index is 0.185. The van der Waals surface area contributed by atoms with E-state index in [1.807, 2.05) is 13.0 Å². The maximum absolute atomic E-state index is 11.2. The number of hydrogen-bond acceptors (Lipinski definition) is 4. The van der Waals surface area contributed by atoms with Gasteiger partial charge in [-0.2, -0.15) is 0 Å². The summed E-state index contributed by atoms with van der Waals surface area (Å²) in [6.07, 6.45) is 3.58. The van der Waals surface area contributed by atoms with Crippen molar-refractivity contribution in [3.05, 3.63) is 23.3 Å². The average Bonchev–Trinajstić information content (AvgIpc) is 2.81. The molecule has 22 heavy (non-hydrogen) atoms. The van der Waals surface area contributed by atoms with Gasteiger partial charge in [-0.25, -0.2) is 4.79 Å². The zero-order valence-corrected chi connectivity index (χ0v) is 12.6. The third-order valence-corrected chi connectivity index (χ3v) is 3.97. The summed E-state index contributed by atoms with van der Waals surface area (Å²) in [4.78, 5) is 32.8. The van der Waals surface area contributed by atoms with Crippen molar-refractivity contribution in [2.45, 2.75) is 32.7 Å². The molecular weight excluding hydrogens is 290 g/mol. The van der Waals surface area contributed by atoms with Gasteiger partial charge in [0.05, 0.1) is 6.42 Å². The molecule has 3 atom stereocenters. The first kappa shape index (κ1) is 17.9. The second-order valence-electron chi connectivity index (χ2n) is 5.47. The van der Waals surface area contributed by atoms with Crippen LogP contribution in [0.2, 0.25) is 0 Å². The minimum Gasteiger partial charge on any atom is -0.481 e. The molecule has 122 valence electrons. The highest BCUT2D eigenvalue weighted by Crippen LogP contribution is 2.31. The number of nitrogens with one attached hydrogen (secondary N) is 1. The van der Waals surface area contributed by atoms with Gasteiger partial charge in [-0.3, -0.25) is 9.59 Å². The van der Waals surface area contributed by atoms with E-state index in [1.54, 1.807) is 6.08 Å². The average molecular weight is 311 g/mol. The molecule has 0 aliphatic carbocycles. The molecule has 1 rings (SSSR count). The van der Waals surface area contributed by atoms with Crippen LogP contribution in [0, 0.1) is 11.8 Å². The van der Waals surface area contributed by atoms with Crippen molar-refractivity contribution < 1.29 is 29.7 Å². The van der Waals surface area contributed by atoms with Crippen molar-refractivity contribution in [3.63, 3.8) is 0 Å². The van der Waals surface area contributed by atoms with Crippen LogP contribution in [0.25, 0.3) is 0 Å². The first-order valence-corrected chi connectivity index (χ1v) is 6.98. The summed E-state index contributed by atoms with van der Waals surface area (Å²) in [6, 6.07) is -0.874. The Morgan fingerprint density at radius 2 is 1.77 bits per heavy atom. The van der Waals surface area contributed by atoms with Crippen molar-refractivity contribution in [2.24, 2.45) is 11.8 Å². The third-order valence-electron chi connectivity index (χ3n) is 3.97. The lowest BCUT2D eigenvalue weighted by atomic mass is 9.83. The van der Waals surface area contributed by atoms with E-state index in [1.165, 1.54) is 6.92 Å². The van der Waals surface area contributed by atoms with Crippen LogP contribution >= 0.6 is 0 Å². The molecule has 0 aromatic heterocycles. The second-order valence-corrected chi connectivity index (χ2v) is 5.47. The number of hydrogen-bond donors (Lipinski definition) is 4. The molecule has 0 aromatic rings. The Morgan fingerprint density at radius 3 is 2.27 bits per heavy atom. The van der Waals surface area contributed by atoms with Gasteiger partial charge in [0.15, 0.2) is 0 Å². The highest BCUT2D eigenvalue weighted by atomic mass is 16.4. The Kier molecular flexibility index (Phi) is 6.30. The van der Waals surface area contributed by atoms with Crippen molar-refractivity contribution in [2.75, 3.05) is 6.54 Å². The lowest BCUT2D eigenvalue weighted by Gasteiger charge is -2.20. The predicted octanol–water partition coefficient (Wildman–Crippen LogP) is 1.12. The number of rotatable bonds is 7. The number of carboxylic acids is 3. The van der Waals surface area contributed by atoms with E-state index >= 15 is 0 Å². The first-order valence-electron chi connectivity index (χ1n) is 6.98. The Bertz CT molecular complexity index is 522. The largest absolute Gasteiger partial charge is 0.481 e. The van der Waals surface area contributed by atoms with Crippen LogP contribution in [0.3, 0.4) is 0 Å². The Morgan fingerprint density at radius 1 is 1.14 bits per heavy atom. The Balaban J connectivity index is 2.83. The molecule has 1 aliphatic heterocycles. The van der Waals surface area contributed by atoms with Crippen LogP contribution in [0.5, 0.6) is 0 Å². The standard InChI is InChI=1S/C15H21NO6/c1-8(4-3-5-9(2)14(19)20)11-7-16-13(15(21)22)10(11)6-12(17)18/h4-5,10-11,13,16H,3,6-7H2,1-2H3,(H,17,18)(H,19,20)(H,21,22)/b8-4-,9-5-/t10-,11+,13-/m0/s1. The lowest BCUT2D eigenvalue weighted by molar-refractivity contribution is -0.142. The zero-order valence-electron chi connectivity index (χ0n) is 12.6. The fourth-order valence-electron chi connectivity index (χ4n) is 2.68. The number of carboxylic acid groups (broad SMARTS) is 3. The van der Waals surface area contributed by atoms with Crippen LogP contribution in [0.4, 0.5) is 0 Å². The molecule has 0 bridgehead atoms. The maximum atomic E-state index is 11.2. The fraction of sp³-hybridized carbons (Fsp3) is 0.533. The molecule has 0 spiro atoms. The molecule has 1 fully saturated rings. The van der Waals surface area contributed by atoms with Gasteiger partial charge in [0, 0.05) is 18.0 Å². The van der Waals surface area contributed by atoms with Crippen molar-refractivity contribution in [3.8, 4) is 0 Å². The molecule has 7 heteroatoms. The van der Waals surface area contributed by atoms with Gasteiger partial charge in [-0.15, -0.1) is 0 Å². The number of allylic oxidation sites excluding steroid dienone is 2. The van der Waals surface area contributed by atoms with Crippen LogP contribution in [0.1, 0.15) is 26.7 Å². The summed E-state index contributed by atoms with van der Waals surface area (Å²) in [5.74, 6) is -3.77.